The molecule has 1 unspecified atom stereocenters. The van der Waals surface area contributed by atoms with Gasteiger partial charge in [-0.2, -0.15) is 0 Å². The lowest BCUT2D eigenvalue weighted by atomic mass is 10.2. The molecule has 1 aliphatic rings. The van der Waals surface area contributed by atoms with Crippen LogP contribution in [0.3, 0.4) is 0 Å². The van der Waals surface area contributed by atoms with Crippen LogP contribution >= 0.6 is 0 Å². The minimum absolute atomic E-state index is 0.215. The molecule has 1 heterocycles. The number of carbonyl (C=O) groups is 2. The number of ether oxygens (including phenoxy) is 2. The Hall–Kier alpha value is -2.08. The van der Waals surface area contributed by atoms with Crippen molar-refractivity contribution in [3.63, 3.8) is 0 Å². The summed E-state index contributed by atoms with van der Waals surface area (Å²) in [5, 5.41) is 1.35. The van der Waals surface area contributed by atoms with E-state index < -0.39 is 6.09 Å². The van der Waals surface area contributed by atoms with Gasteiger partial charge in [-0.05, 0) is 12.0 Å². The summed E-state index contributed by atoms with van der Waals surface area (Å²) in [6, 6.07) is 9.48. The number of nitrogens with one attached hydrogen (secondary N) is 1. The summed E-state index contributed by atoms with van der Waals surface area (Å²) in [5.74, 6) is -0.215. The van der Waals surface area contributed by atoms with Gasteiger partial charge in [-0.3, -0.25) is 4.79 Å². The van der Waals surface area contributed by atoms with Crippen LogP contribution in [0.5, 0.6) is 0 Å². The molecule has 2 rings (SSSR count). The Morgan fingerprint density at radius 2 is 2.09 bits per heavy atom. The number of hydrogen-bond acceptors (Lipinski definition) is 5. The molecule has 0 aromatic heterocycles. The van der Waals surface area contributed by atoms with E-state index in [1.54, 1.807) is 0 Å². The maximum atomic E-state index is 11.9. The van der Waals surface area contributed by atoms with Gasteiger partial charge in [0.1, 0.15) is 12.7 Å². The summed E-state index contributed by atoms with van der Waals surface area (Å²) in [6.45, 7) is 2.98. The SMILES string of the molecule is CCCCC(=O)OC1CNN(C(=O)OCc2ccccc2)C1. The molecule has 1 atom stereocenters. The first-order valence-electron chi connectivity index (χ1n) is 7.60. The number of hydrogen-bond donors (Lipinski definition) is 1. The molecule has 0 bridgehead atoms. The first-order chi connectivity index (χ1) is 10.7. The van der Waals surface area contributed by atoms with Crippen LogP contribution in [0.25, 0.3) is 0 Å². The Morgan fingerprint density at radius 1 is 1.32 bits per heavy atom. The normalized spacial score (nSPS) is 17.3. The number of nitrogens with zero attached hydrogens (tertiary/aromatic N) is 1. The lowest BCUT2D eigenvalue weighted by Crippen LogP contribution is -2.37. The lowest BCUT2D eigenvalue weighted by Gasteiger charge is -2.15. The van der Waals surface area contributed by atoms with Crippen LogP contribution in [-0.2, 0) is 20.9 Å². The first kappa shape index (κ1) is 16.3. The van der Waals surface area contributed by atoms with E-state index in [0.29, 0.717) is 19.5 Å². The topological polar surface area (TPSA) is 67.9 Å². The highest BCUT2D eigenvalue weighted by Gasteiger charge is 2.29. The van der Waals surface area contributed by atoms with E-state index in [9.17, 15) is 9.59 Å². The van der Waals surface area contributed by atoms with Crippen LogP contribution in [0, 0.1) is 0 Å². The monoisotopic (exact) mass is 306 g/mol. The molecule has 1 N–H and O–H groups in total. The molecule has 1 fully saturated rings. The second-order valence-electron chi connectivity index (χ2n) is 5.23. The Balaban J connectivity index is 1.70. The maximum absolute atomic E-state index is 11.9. The van der Waals surface area contributed by atoms with Crippen molar-refractivity contribution in [1.82, 2.24) is 10.4 Å². The van der Waals surface area contributed by atoms with Gasteiger partial charge in [0.05, 0.1) is 13.1 Å². The van der Waals surface area contributed by atoms with Crippen molar-refractivity contribution in [2.45, 2.75) is 38.9 Å². The third kappa shape index (κ3) is 5.04. The third-order valence-electron chi connectivity index (χ3n) is 3.35. The van der Waals surface area contributed by atoms with Gasteiger partial charge >= 0.3 is 12.1 Å². The average molecular weight is 306 g/mol. The second-order valence-corrected chi connectivity index (χ2v) is 5.23. The van der Waals surface area contributed by atoms with Gasteiger partial charge < -0.3 is 9.47 Å². The largest absolute Gasteiger partial charge is 0.459 e. The fraction of sp³-hybridized carbons (Fsp3) is 0.500. The summed E-state index contributed by atoms with van der Waals surface area (Å²) >= 11 is 0. The van der Waals surface area contributed by atoms with Crippen LogP contribution < -0.4 is 5.43 Å². The molecule has 0 spiro atoms. The minimum Gasteiger partial charge on any atom is -0.459 e. The summed E-state index contributed by atoms with van der Waals surface area (Å²) in [4.78, 5) is 23.5. The van der Waals surface area contributed by atoms with Crippen molar-refractivity contribution in [3.05, 3.63) is 35.9 Å². The van der Waals surface area contributed by atoms with Gasteiger partial charge in [0.2, 0.25) is 0 Å². The molecule has 1 aromatic carbocycles. The molecule has 120 valence electrons. The minimum atomic E-state index is -0.462. The van der Waals surface area contributed by atoms with Crippen molar-refractivity contribution >= 4 is 12.1 Å². The molecule has 6 nitrogen and oxygen atoms in total. The van der Waals surface area contributed by atoms with Crippen LogP contribution in [-0.4, -0.2) is 36.3 Å². The quantitative estimate of drug-likeness (QED) is 0.816. The second kappa shape index (κ2) is 8.38. The molecule has 22 heavy (non-hydrogen) atoms. The molecule has 0 radical (unpaired) electrons. The zero-order chi connectivity index (χ0) is 15.8. The van der Waals surface area contributed by atoms with E-state index in [1.807, 2.05) is 37.3 Å². The molecule has 1 aliphatic heterocycles. The van der Waals surface area contributed by atoms with Crippen LogP contribution in [0.2, 0.25) is 0 Å². The number of esters is 1. The molecule has 0 aliphatic carbocycles. The third-order valence-corrected chi connectivity index (χ3v) is 3.35. The molecule has 0 saturated carbocycles. The number of amides is 1. The van der Waals surface area contributed by atoms with Crippen LogP contribution in [0.1, 0.15) is 31.7 Å². The van der Waals surface area contributed by atoms with E-state index in [4.69, 9.17) is 9.47 Å². The van der Waals surface area contributed by atoms with E-state index in [1.165, 1.54) is 5.01 Å². The Bertz CT molecular complexity index is 492. The van der Waals surface area contributed by atoms with Gasteiger partial charge in [-0.25, -0.2) is 15.2 Å². The highest BCUT2D eigenvalue weighted by atomic mass is 16.6. The summed E-state index contributed by atoms with van der Waals surface area (Å²) in [7, 11) is 0. The van der Waals surface area contributed by atoms with Gasteiger partial charge in [0.15, 0.2) is 0 Å². The van der Waals surface area contributed by atoms with Crippen molar-refractivity contribution < 1.29 is 19.1 Å². The van der Waals surface area contributed by atoms with Crippen molar-refractivity contribution in [3.8, 4) is 0 Å². The van der Waals surface area contributed by atoms with Gasteiger partial charge in [-0.1, -0.05) is 43.7 Å². The molecule has 1 aromatic rings. The highest BCUT2D eigenvalue weighted by molar-refractivity contribution is 5.70. The average Bonchev–Trinajstić information content (AvgIpc) is 3.00. The number of hydrazine groups is 1. The van der Waals surface area contributed by atoms with Gasteiger partial charge in [-0.15, -0.1) is 0 Å². The zero-order valence-electron chi connectivity index (χ0n) is 12.8. The summed E-state index contributed by atoms with van der Waals surface area (Å²) in [6.07, 6.45) is 1.42. The summed E-state index contributed by atoms with van der Waals surface area (Å²) in [5.41, 5.74) is 3.81. The standard InChI is InChI=1S/C16H22N2O4/c1-2-3-9-15(19)22-14-10-17-18(11-14)16(20)21-12-13-7-5-4-6-8-13/h4-8,14,17H,2-3,9-12H2,1H3. The van der Waals surface area contributed by atoms with Crippen molar-refractivity contribution in [2.75, 3.05) is 13.1 Å². The van der Waals surface area contributed by atoms with Crippen LogP contribution in [0.15, 0.2) is 30.3 Å². The number of carbonyl (C=O) groups excluding carboxylic acids is 2. The van der Waals surface area contributed by atoms with Crippen molar-refractivity contribution in [2.24, 2.45) is 0 Å². The molecule has 1 saturated heterocycles. The first-order valence-corrected chi connectivity index (χ1v) is 7.60. The van der Waals surface area contributed by atoms with Crippen LogP contribution in [0.4, 0.5) is 4.79 Å². The predicted molar refractivity (Wildman–Crippen MR) is 80.7 cm³/mol. The molecule has 6 heteroatoms. The number of rotatable bonds is 6. The Morgan fingerprint density at radius 3 is 2.82 bits per heavy atom. The van der Waals surface area contributed by atoms with Crippen molar-refractivity contribution in [1.29, 1.82) is 0 Å². The zero-order valence-corrected chi connectivity index (χ0v) is 12.8. The van der Waals surface area contributed by atoms with E-state index >= 15 is 0 Å². The number of benzene rings is 1. The Kier molecular flexibility index (Phi) is 6.21. The lowest BCUT2D eigenvalue weighted by molar-refractivity contribution is -0.148. The molecule has 1 amide bonds. The number of unbranched alkanes of at least 4 members (excludes halogenated alkanes) is 1. The Labute approximate surface area is 130 Å². The molecular formula is C16H22N2O4. The highest BCUT2D eigenvalue weighted by Crippen LogP contribution is 2.09. The van der Waals surface area contributed by atoms with E-state index in [-0.39, 0.29) is 18.7 Å². The van der Waals surface area contributed by atoms with Gasteiger partial charge in [0.25, 0.3) is 0 Å². The fourth-order valence-electron chi connectivity index (χ4n) is 2.13. The molecular weight excluding hydrogens is 284 g/mol. The predicted octanol–water partition coefficient (Wildman–Crippen LogP) is 2.25. The van der Waals surface area contributed by atoms with Gasteiger partial charge in [0, 0.05) is 6.42 Å². The smallest absolute Gasteiger partial charge is 0.424 e. The van der Waals surface area contributed by atoms with E-state index in [0.717, 1.165) is 18.4 Å². The van der Waals surface area contributed by atoms with E-state index in [2.05, 4.69) is 5.43 Å². The summed E-state index contributed by atoms with van der Waals surface area (Å²) < 4.78 is 10.5. The maximum Gasteiger partial charge on any atom is 0.424 e. The fourth-order valence-corrected chi connectivity index (χ4v) is 2.13.